The van der Waals surface area contributed by atoms with Crippen LogP contribution in [0.5, 0.6) is 5.75 Å². The number of Topliss-reactive ketones (excluding diaryl/α,β-unsaturated/α-hetero) is 1. The smallest absolute Gasteiger partial charge is 0.300 e. The highest BCUT2D eigenvalue weighted by Gasteiger charge is 2.47. The number of aromatic hydroxyl groups is 1. The van der Waals surface area contributed by atoms with E-state index in [4.69, 9.17) is 0 Å². The van der Waals surface area contributed by atoms with Gasteiger partial charge in [-0.2, -0.15) is 0 Å². The molecule has 2 N–H and O–H groups in total. The Morgan fingerprint density at radius 1 is 1.03 bits per heavy atom. The first-order valence-corrected chi connectivity index (χ1v) is 10.2. The van der Waals surface area contributed by atoms with Crippen LogP contribution in [0.4, 0.5) is 10.1 Å². The lowest BCUT2D eigenvalue weighted by atomic mass is 9.94. The summed E-state index contributed by atoms with van der Waals surface area (Å²) in [7, 11) is 0. The number of carbonyl (C=O) groups excluding carboxylic acids is 2. The molecule has 0 saturated carbocycles. The van der Waals surface area contributed by atoms with Gasteiger partial charge in [-0.3, -0.25) is 14.5 Å². The summed E-state index contributed by atoms with van der Waals surface area (Å²) in [6, 6.07) is 15.4. The second kappa shape index (κ2) is 8.00. The molecule has 0 aliphatic carbocycles. The molecule has 156 valence electrons. The average molecular weight is 482 g/mol. The highest BCUT2D eigenvalue weighted by Crippen LogP contribution is 2.44. The summed E-state index contributed by atoms with van der Waals surface area (Å²) < 4.78 is 14.4. The normalized spacial score (nSPS) is 17.9. The molecule has 1 amide bonds. The first-order chi connectivity index (χ1) is 14.8. The molecule has 3 aromatic rings. The summed E-state index contributed by atoms with van der Waals surface area (Å²) in [4.78, 5) is 27.2. The van der Waals surface area contributed by atoms with Gasteiger partial charge < -0.3 is 10.2 Å². The van der Waals surface area contributed by atoms with Crippen LogP contribution in [0.3, 0.4) is 0 Å². The van der Waals surface area contributed by atoms with E-state index in [2.05, 4.69) is 15.9 Å². The van der Waals surface area contributed by atoms with Crippen molar-refractivity contribution in [3.8, 4) is 5.75 Å². The first kappa shape index (κ1) is 20.8. The molecule has 4 rings (SSSR count). The lowest BCUT2D eigenvalue weighted by Gasteiger charge is -2.26. The number of benzene rings is 3. The van der Waals surface area contributed by atoms with Crippen LogP contribution in [-0.4, -0.2) is 21.9 Å². The number of aryl methyl sites for hydroxylation is 1. The molecule has 7 heteroatoms. The number of halogens is 2. The van der Waals surface area contributed by atoms with E-state index in [9.17, 15) is 24.2 Å². The summed E-state index contributed by atoms with van der Waals surface area (Å²) in [6.45, 7) is 1.83. The highest BCUT2D eigenvalue weighted by molar-refractivity contribution is 9.10. The topological polar surface area (TPSA) is 77.8 Å². The molecule has 0 aromatic heterocycles. The molecule has 31 heavy (non-hydrogen) atoms. The number of phenolic OH excluding ortho intramolecular Hbond substituents is 1. The number of aliphatic hydroxyl groups is 1. The fourth-order valence-corrected chi connectivity index (χ4v) is 3.90. The molecule has 0 bridgehead atoms. The first-order valence-electron chi connectivity index (χ1n) is 9.40. The quantitative estimate of drug-likeness (QED) is 0.305. The van der Waals surface area contributed by atoms with E-state index in [0.717, 1.165) is 14.9 Å². The Morgan fingerprint density at radius 3 is 2.35 bits per heavy atom. The zero-order valence-corrected chi connectivity index (χ0v) is 17.9. The zero-order chi connectivity index (χ0) is 22.3. The van der Waals surface area contributed by atoms with E-state index in [1.807, 2.05) is 6.92 Å². The molecule has 0 spiro atoms. The molecule has 1 unspecified atom stereocenters. The van der Waals surface area contributed by atoms with E-state index in [1.165, 1.54) is 36.4 Å². The molecule has 1 aliphatic heterocycles. The van der Waals surface area contributed by atoms with Gasteiger partial charge >= 0.3 is 0 Å². The minimum Gasteiger partial charge on any atom is -0.507 e. The maximum absolute atomic E-state index is 13.6. The number of amides is 1. The number of ketones is 1. The number of hydrogen-bond acceptors (Lipinski definition) is 4. The van der Waals surface area contributed by atoms with Gasteiger partial charge in [0.25, 0.3) is 11.7 Å². The predicted molar refractivity (Wildman–Crippen MR) is 118 cm³/mol. The third-order valence-electron chi connectivity index (χ3n) is 5.20. The Kier molecular flexibility index (Phi) is 5.37. The molecule has 1 aliphatic rings. The maximum atomic E-state index is 13.6. The number of anilines is 1. The molecular weight excluding hydrogens is 465 g/mol. The Labute approximate surface area is 186 Å². The van der Waals surface area contributed by atoms with Crippen LogP contribution >= 0.6 is 15.9 Å². The number of carbonyl (C=O) groups is 2. The Morgan fingerprint density at radius 2 is 1.71 bits per heavy atom. The van der Waals surface area contributed by atoms with Crippen molar-refractivity contribution in [1.82, 2.24) is 0 Å². The van der Waals surface area contributed by atoms with Crippen molar-refractivity contribution in [2.24, 2.45) is 0 Å². The number of nitrogens with zero attached hydrogens (tertiary/aromatic N) is 1. The second-order valence-corrected chi connectivity index (χ2v) is 8.03. The molecule has 1 atom stereocenters. The number of para-hydroxylation sites is 2. The predicted octanol–water partition coefficient (Wildman–Crippen LogP) is 5.23. The van der Waals surface area contributed by atoms with Crippen LogP contribution in [0.2, 0.25) is 0 Å². The van der Waals surface area contributed by atoms with Crippen LogP contribution in [0.1, 0.15) is 22.7 Å². The average Bonchev–Trinajstić information content (AvgIpc) is 3.01. The van der Waals surface area contributed by atoms with Crippen LogP contribution in [0, 0.1) is 12.7 Å². The van der Waals surface area contributed by atoms with Gasteiger partial charge in [0, 0.05) is 10.0 Å². The van der Waals surface area contributed by atoms with Crippen molar-refractivity contribution in [1.29, 1.82) is 0 Å². The molecule has 1 fully saturated rings. The number of phenols is 1. The van der Waals surface area contributed by atoms with Crippen LogP contribution < -0.4 is 4.90 Å². The van der Waals surface area contributed by atoms with Gasteiger partial charge in [0.1, 0.15) is 17.3 Å². The van der Waals surface area contributed by atoms with Crippen molar-refractivity contribution in [2.45, 2.75) is 13.0 Å². The fourth-order valence-electron chi connectivity index (χ4n) is 3.66. The minimum absolute atomic E-state index is 0.116. The maximum Gasteiger partial charge on any atom is 0.300 e. The monoisotopic (exact) mass is 481 g/mol. The van der Waals surface area contributed by atoms with Gasteiger partial charge in [0.2, 0.25) is 0 Å². The minimum atomic E-state index is -1.04. The van der Waals surface area contributed by atoms with E-state index in [1.54, 1.807) is 30.3 Å². The van der Waals surface area contributed by atoms with Gasteiger partial charge in [-0.25, -0.2) is 4.39 Å². The molecule has 3 aromatic carbocycles. The van der Waals surface area contributed by atoms with Crippen molar-refractivity contribution in [3.05, 3.63) is 99.3 Å². The summed E-state index contributed by atoms with van der Waals surface area (Å²) in [5.74, 6) is -2.81. The summed E-state index contributed by atoms with van der Waals surface area (Å²) >= 11 is 3.40. The molecule has 0 radical (unpaired) electrons. The van der Waals surface area contributed by atoms with Crippen LogP contribution in [0.15, 0.2) is 76.8 Å². The van der Waals surface area contributed by atoms with Gasteiger partial charge in [-0.1, -0.05) is 46.3 Å². The van der Waals surface area contributed by atoms with E-state index in [-0.39, 0.29) is 22.8 Å². The van der Waals surface area contributed by atoms with Gasteiger partial charge in [-0.05, 0) is 54.4 Å². The molecule has 1 heterocycles. The lowest BCUT2D eigenvalue weighted by molar-refractivity contribution is -0.132. The highest BCUT2D eigenvalue weighted by atomic mass is 79.9. The van der Waals surface area contributed by atoms with Crippen LogP contribution in [-0.2, 0) is 9.59 Å². The summed E-state index contributed by atoms with van der Waals surface area (Å²) in [6.07, 6.45) is 0. The van der Waals surface area contributed by atoms with Crippen molar-refractivity contribution >= 4 is 39.1 Å². The fraction of sp³-hybridized carbons (Fsp3) is 0.0833. The Balaban J connectivity index is 1.97. The van der Waals surface area contributed by atoms with E-state index in [0.29, 0.717) is 11.1 Å². The summed E-state index contributed by atoms with van der Waals surface area (Å²) in [5.41, 5.74) is 1.59. The third kappa shape index (κ3) is 3.61. The van der Waals surface area contributed by atoms with Crippen LogP contribution in [0.25, 0.3) is 5.76 Å². The standard InChI is InChI=1S/C24H17BrFNO4/c1-13-12-15(8-11-17(13)25)22(29)20-21(14-6-9-16(26)10-7-14)27(24(31)23(20)30)18-4-2-3-5-19(18)28/h2-12,21,28-29H,1H3/b22-20-. The summed E-state index contributed by atoms with van der Waals surface area (Å²) in [5, 5.41) is 21.4. The third-order valence-corrected chi connectivity index (χ3v) is 6.09. The largest absolute Gasteiger partial charge is 0.507 e. The molecular formula is C24H17BrFNO4. The SMILES string of the molecule is Cc1cc(/C(O)=C2/C(=O)C(=O)N(c3ccccc3O)C2c2ccc(F)cc2)ccc1Br. The van der Waals surface area contributed by atoms with Crippen molar-refractivity contribution < 1.29 is 24.2 Å². The molecule has 5 nitrogen and oxygen atoms in total. The Hall–Kier alpha value is -3.45. The lowest BCUT2D eigenvalue weighted by Crippen LogP contribution is -2.29. The number of hydrogen-bond donors (Lipinski definition) is 2. The van der Waals surface area contributed by atoms with E-state index < -0.39 is 23.5 Å². The van der Waals surface area contributed by atoms with Crippen molar-refractivity contribution in [2.75, 3.05) is 4.90 Å². The van der Waals surface area contributed by atoms with Crippen molar-refractivity contribution in [3.63, 3.8) is 0 Å². The van der Waals surface area contributed by atoms with E-state index >= 15 is 0 Å². The zero-order valence-electron chi connectivity index (χ0n) is 16.3. The second-order valence-electron chi connectivity index (χ2n) is 7.17. The van der Waals surface area contributed by atoms with Gasteiger partial charge in [0.05, 0.1) is 17.3 Å². The molecule has 1 saturated heterocycles. The number of rotatable bonds is 3. The number of aliphatic hydroxyl groups excluding tert-OH is 1. The van der Waals surface area contributed by atoms with Gasteiger partial charge in [0.15, 0.2) is 0 Å². The van der Waals surface area contributed by atoms with Gasteiger partial charge in [-0.15, -0.1) is 0 Å². The Bertz CT molecular complexity index is 1240.